The molecule has 0 bridgehead atoms. The Kier molecular flexibility index (Phi) is 5.93. The molecule has 3 heteroatoms. The van der Waals surface area contributed by atoms with E-state index in [0.29, 0.717) is 11.5 Å². The van der Waals surface area contributed by atoms with Crippen LogP contribution in [-0.4, -0.2) is 14.2 Å². The summed E-state index contributed by atoms with van der Waals surface area (Å²) in [5.74, 6) is 2.29. The molecule has 5 aromatic carbocycles. The van der Waals surface area contributed by atoms with Gasteiger partial charge in [0.2, 0.25) is 0 Å². The molecular weight excluding hydrogens is 504 g/mol. The van der Waals surface area contributed by atoms with Gasteiger partial charge in [-0.05, 0) is 58.7 Å². The predicted octanol–water partition coefficient (Wildman–Crippen LogP) is 9.29. The highest BCUT2D eigenvalue weighted by Crippen LogP contribution is 2.61. The number of hydrogen-bond acceptors (Lipinski definition) is 3. The lowest BCUT2D eigenvalue weighted by Gasteiger charge is -2.39. The van der Waals surface area contributed by atoms with Crippen LogP contribution in [0.15, 0.2) is 103 Å². The average molecular weight is 539 g/mol. The van der Waals surface area contributed by atoms with Crippen molar-refractivity contribution >= 4 is 16.8 Å². The van der Waals surface area contributed by atoms with Crippen LogP contribution in [0.5, 0.6) is 17.2 Å². The molecule has 0 aromatic heterocycles. The number of rotatable bonds is 6. The number of hydrogen-bond donors (Lipinski definition) is 0. The fourth-order valence-electron chi connectivity index (χ4n) is 7.33. The third-order valence-corrected chi connectivity index (χ3v) is 9.35. The van der Waals surface area contributed by atoms with Crippen LogP contribution in [0.1, 0.15) is 54.5 Å². The van der Waals surface area contributed by atoms with Crippen LogP contribution in [-0.2, 0) is 11.0 Å². The molecule has 0 unspecified atom stereocenters. The van der Waals surface area contributed by atoms with Crippen LogP contribution in [0.4, 0.5) is 0 Å². The van der Waals surface area contributed by atoms with E-state index in [1.807, 2.05) is 0 Å². The van der Waals surface area contributed by atoms with Gasteiger partial charge in [0.05, 0.1) is 14.2 Å². The Morgan fingerprint density at radius 1 is 0.683 bits per heavy atom. The second kappa shape index (κ2) is 9.55. The van der Waals surface area contributed by atoms with Gasteiger partial charge in [-0.2, -0.15) is 0 Å². The molecule has 3 nitrogen and oxygen atoms in total. The lowest BCUT2D eigenvalue weighted by molar-refractivity contribution is 0.163. The molecule has 7 rings (SSSR count). The van der Waals surface area contributed by atoms with Gasteiger partial charge in [0, 0.05) is 27.5 Å². The monoisotopic (exact) mass is 538 g/mol. The third kappa shape index (κ3) is 3.45. The Labute approximate surface area is 242 Å². The molecule has 1 aliphatic heterocycles. The highest BCUT2D eigenvalue weighted by molar-refractivity contribution is 6.09. The van der Waals surface area contributed by atoms with Gasteiger partial charge in [0.25, 0.3) is 0 Å². The number of ether oxygens (including phenoxy) is 3. The summed E-state index contributed by atoms with van der Waals surface area (Å²) in [6, 6.07) is 34.2. The Balaban J connectivity index is 1.63. The van der Waals surface area contributed by atoms with E-state index < -0.39 is 5.60 Å². The van der Waals surface area contributed by atoms with Gasteiger partial charge in [0.15, 0.2) is 17.1 Å². The fraction of sp³-hybridized carbons (Fsp3) is 0.211. The summed E-state index contributed by atoms with van der Waals surface area (Å²) in [6.45, 7) is 4.62. The van der Waals surface area contributed by atoms with E-state index in [4.69, 9.17) is 14.2 Å². The Bertz CT molecular complexity index is 1760. The van der Waals surface area contributed by atoms with Gasteiger partial charge < -0.3 is 14.2 Å². The molecule has 5 aromatic rings. The quantitative estimate of drug-likeness (QED) is 0.216. The molecule has 0 spiro atoms. The van der Waals surface area contributed by atoms with Gasteiger partial charge in [-0.15, -0.1) is 0 Å². The van der Waals surface area contributed by atoms with Crippen LogP contribution in [0.3, 0.4) is 0 Å². The van der Waals surface area contributed by atoms with E-state index in [0.717, 1.165) is 46.1 Å². The maximum Gasteiger partial charge on any atom is 0.178 e. The summed E-state index contributed by atoms with van der Waals surface area (Å²) in [7, 11) is 3.39. The highest BCUT2D eigenvalue weighted by Gasteiger charge is 2.46. The normalized spacial score (nSPS) is 15.5. The maximum atomic E-state index is 7.40. The molecule has 2 aliphatic rings. The van der Waals surface area contributed by atoms with E-state index >= 15 is 0 Å². The van der Waals surface area contributed by atoms with Crippen molar-refractivity contribution in [1.29, 1.82) is 0 Å². The van der Waals surface area contributed by atoms with Crippen molar-refractivity contribution in [2.45, 2.75) is 37.7 Å². The molecule has 1 aliphatic carbocycles. The zero-order valence-electron chi connectivity index (χ0n) is 24.0. The van der Waals surface area contributed by atoms with Gasteiger partial charge in [0.1, 0.15) is 5.75 Å². The molecule has 41 heavy (non-hydrogen) atoms. The first kappa shape index (κ1) is 25.5. The SMILES string of the molecule is CCC1(CC)c2ccccc2-c2c1c1c(c3cc(OC)c(OC)cc23)OC(c2ccccc2)(c2ccccc2)C=C1. The highest BCUT2D eigenvalue weighted by atomic mass is 16.5. The molecular formula is C38H34O3. The van der Waals surface area contributed by atoms with E-state index in [9.17, 15) is 0 Å². The van der Waals surface area contributed by atoms with Crippen molar-refractivity contribution in [3.05, 3.63) is 131 Å². The average Bonchev–Trinajstić information content (AvgIpc) is 3.35. The van der Waals surface area contributed by atoms with Gasteiger partial charge in [-0.1, -0.05) is 105 Å². The molecule has 204 valence electrons. The van der Waals surface area contributed by atoms with Gasteiger partial charge in [-0.25, -0.2) is 0 Å². The van der Waals surface area contributed by atoms with Crippen LogP contribution < -0.4 is 14.2 Å². The minimum absolute atomic E-state index is 0.120. The molecule has 0 atom stereocenters. The largest absolute Gasteiger partial charge is 0.493 e. The van der Waals surface area contributed by atoms with Crippen molar-refractivity contribution in [2.75, 3.05) is 14.2 Å². The summed E-state index contributed by atoms with van der Waals surface area (Å²) in [5.41, 5.74) is 7.74. The van der Waals surface area contributed by atoms with E-state index in [1.54, 1.807) is 14.2 Å². The third-order valence-electron chi connectivity index (χ3n) is 9.35. The molecule has 0 saturated carbocycles. The lowest BCUT2D eigenvalue weighted by Crippen LogP contribution is -2.35. The number of fused-ring (bicyclic) bond motifs is 8. The molecule has 0 saturated heterocycles. The Morgan fingerprint density at radius 2 is 1.24 bits per heavy atom. The van der Waals surface area contributed by atoms with Crippen LogP contribution in [0.2, 0.25) is 0 Å². The molecule has 0 fully saturated rings. The Morgan fingerprint density at radius 3 is 1.83 bits per heavy atom. The zero-order valence-corrected chi connectivity index (χ0v) is 24.0. The van der Waals surface area contributed by atoms with Gasteiger partial charge in [-0.3, -0.25) is 0 Å². The van der Waals surface area contributed by atoms with E-state index in [1.165, 1.54) is 22.3 Å². The van der Waals surface area contributed by atoms with Gasteiger partial charge >= 0.3 is 0 Å². The first-order chi connectivity index (χ1) is 20.1. The second-order valence-electron chi connectivity index (χ2n) is 11.0. The molecule has 0 amide bonds. The number of methoxy groups -OCH3 is 2. The first-order valence-electron chi connectivity index (χ1n) is 14.5. The standard InChI is InChI=1S/C38H34O3/c1-5-37(6-2)31-20-14-13-19-27(31)34-29-23-32(39-3)33(40-4)24-30(29)36-28(35(34)37)21-22-38(41-36,25-15-9-7-10-16-25)26-17-11-8-12-18-26/h7-24H,5-6H2,1-4H3. The number of benzene rings is 5. The van der Waals surface area contributed by atoms with Crippen molar-refractivity contribution in [1.82, 2.24) is 0 Å². The zero-order chi connectivity index (χ0) is 28.2. The van der Waals surface area contributed by atoms with Crippen molar-refractivity contribution in [3.63, 3.8) is 0 Å². The van der Waals surface area contributed by atoms with E-state index in [-0.39, 0.29) is 5.41 Å². The van der Waals surface area contributed by atoms with Crippen molar-refractivity contribution in [3.8, 4) is 28.4 Å². The fourth-order valence-corrected chi connectivity index (χ4v) is 7.33. The van der Waals surface area contributed by atoms with Crippen molar-refractivity contribution < 1.29 is 14.2 Å². The predicted molar refractivity (Wildman–Crippen MR) is 167 cm³/mol. The lowest BCUT2D eigenvalue weighted by atomic mass is 9.71. The van der Waals surface area contributed by atoms with Crippen molar-refractivity contribution in [2.24, 2.45) is 0 Å². The molecule has 1 heterocycles. The van der Waals surface area contributed by atoms with E-state index in [2.05, 4.69) is 123 Å². The van der Waals surface area contributed by atoms with Crippen LogP contribution in [0.25, 0.3) is 28.0 Å². The summed E-state index contributed by atoms with van der Waals surface area (Å²) in [4.78, 5) is 0. The molecule has 0 radical (unpaired) electrons. The smallest absolute Gasteiger partial charge is 0.178 e. The summed E-state index contributed by atoms with van der Waals surface area (Å²) < 4.78 is 19.1. The minimum Gasteiger partial charge on any atom is -0.493 e. The summed E-state index contributed by atoms with van der Waals surface area (Å²) in [5, 5.41) is 2.15. The molecule has 0 N–H and O–H groups in total. The topological polar surface area (TPSA) is 27.7 Å². The summed E-state index contributed by atoms with van der Waals surface area (Å²) >= 11 is 0. The first-order valence-corrected chi connectivity index (χ1v) is 14.5. The Hall–Kier alpha value is -4.50. The minimum atomic E-state index is -0.781. The second-order valence-corrected chi connectivity index (χ2v) is 11.0. The van der Waals surface area contributed by atoms with Crippen LogP contribution in [0, 0.1) is 0 Å². The maximum absolute atomic E-state index is 7.40. The van der Waals surface area contributed by atoms with Crippen LogP contribution >= 0.6 is 0 Å². The summed E-state index contributed by atoms with van der Waals surface area (Å²) in [6.07, 6.45) is 6.57.